The molecule has 9 heteroatoms. The molecule has 1 aliphatic carbocycles. The fourth-order valence-corrected chi connectivity index (χ4v) is 6.07. The second-order valence-electron chi connectivity index (χ2n) is 9.06. The Kier molecular flexibility index (Phi) is 6.50. The Morgan fingerprint density at radius 1 is 1.32 bits per heavy atom. The number of allylic oxidation sites excluding steroid dienone is 1. The monoisotopic (exact) mass is 493 g/mol. The highest BCUT2D eigenvalue weighted by Crippen LogP contribution is 2.45. The van der Waals surface area contributed by atoms with Gasteiger partial charge in [-0.15, -0.1) is 11.3 Å². The number of nitrogens with zero attached hydrogens (tertiary/aromatic N) is 1. The number of alkyl halides is 3. The number of hydrogen-bond acceptors (Lipinski definition) is 5. The standard InChI is InChI=1S/C25H26F3NO4S/c1-12(2)24-16-7-13(3)17(25(26,27)28)9-22(16)34-21(24)6-5-18-15-8-14(4)19(32-11-23(30)31)10-20(15)33-29-18/h8-10,12-13H,5-7,11H2,1-4H3,(H,30,31). The Hall–Kier alpha value is -2.81. The number of carbonyl (C=O) groups is 1. The number of rotatable bonds is 7. The van der Waals surface area contributed by atoms with Crippen LogP contribution in [0.2, 0.25) is 0 Å². The third-order valence-corrected chi connectivity index (χ3v) is 7.43. The van der Waals surface area contributed by atoms with Gasteiger partial charge in [0.05, 0.1) is 5.69 Å². The summed E-state index contributed by atoms with van der Waals surface area (Å²) in [5, 5.41) is 13.9. The molecule has 0 fully saturated rings. The van der Waals surface area contributed by atoms with Crippen LogP contribution in [0.25, 0.3) is 17.0 Å². The predicted octanol–water partition coefficient (Wildman–Crippen LogP) is 6.71. The zero-order valence-corrected chi connectivity index (χ0v) is 20.2. The first kappa shape index (κ1) is 24.3. The zero-order chi connectivity index (χ0) is 24.8. The average molecular weight is 494 g/mol. The molecule has 1 atom stereocenters. The molecule has 0 saturated heterocycles. The van der Waals surface area contributed by atoms with Gasteiger partial charge in [-0.25, -0.2) is 4.79 Å². The molecule has 4 rings (SSSR count). The van der Waals surface area contributed by atoms with Crippen molar-refractivity contribution in [2.24, 2.45) is 5.92 Å². The van der Waals surface area contributed by atoms with Gasteiger partial charge in [0, 0.05) is 26.8 Å². The summed E-state index contributed by atoms with van der Waals surface area (Å²) >= 11 is 1.44. The smallest absolute Gasteiger partial charge is 0.413 e. The lowest BCUT2D eigenvalue weighted by molar-refractivity contribution is -0.139. The molecule has 0 bridgehead atoms. The lowest BCUT2D eigenvalue weighted by atomic mass is 9.83. The van der Waals surface area contributed by atoms with Crippen molar-refractivity contribution in [3.63, 3.8) is 0 Å². The Balaban J connectivity index is 1.62. The number of aryl methyl sites for hydroxylation is 3. The van der Waals surface area contributed by atoms with Crippen molar-refractivity contribution in [1.29, 1.82) is 0 Å². The van der Waals surface area contributed by atoms with E-state index in [2.05, 4.69) is 19.0 Å². The second kappa shape index (κ2) is 9.09. The van der Waals surface area contributed by atoms with Crippen molar-refractivity contribution in [2.75, 3.05) is 6.61 Å². The van der Waals surface area contributed by atoms with Crippen molar-refractivity contribution >= 4 is 34.4 Å². The van der Waals surface area contributed by atoms with E-state index in [1.165, 1.54) is 17.4 Å². The number of ether oxygens (including phenoxy) is 1. The average Bonchev–Trinajstić information content (AvgIpc) is 3.29. The van der Waals surface area contributed by atoms with E-state index in [-0.39, 0.29) is 5.92 Å². The molecule has 1 aromatic carbocycles. The molecule has 34 heavy (non-hydrogen) atoms. The zero-order valence-electron chi connectivity index (χ0n) is 19.4. The maximum absolute atomic E-state index is 13.5. The van der Waals surface area contributed by atoms with Gasteiger partial charge in [-0.3, -0.25) is 0 Å². The van der Waals surface area contributed by atoms with Crippen LogP contribution in [0.15, 0.2) is 22.2 Å². The molecule has 2 aromatic heterocycles. The molecule has 1 aliphatic rings. The molecule has 2 heterocycles. The van der Waals surface area contributed by atoms with Gasteiger partial charge < -0.3 is 14.4 Å². The van der Waals surface area contributed by atoms with Crippen molar-refractivity contribution in [1.82, 2.24) is 5.16 Å². The number of carboxylic acids is 1. The minimum Gasteiger partial charge on any atom is -0.481 e. The van der Waals surface area contributed by atoms with Crippen LogP contribution < -0.4 is 4.74 Å². The largest absolute Gasteiger partial charge is 0.481 e. The Morgan fingerprint density at radius 3 is 2.71 bits per heavy atom. The Labute approximate surface area is 199 Å². The van der Waals surface area contributed by atoms with E-state index in [0.29, 0.717) is 35.5 Å². The fourth-order valence-electron chi connectivity index (χ4n) is 4.63. The lowest BCUT2D eigenvalue weighted by Crippen LogP contribution is -2.22. The minimum absolute atomic E-state index is 0.202. The van der Waals surface area contributed by atoms with Crippen LogP contribution in [0, 0.1) is 12.8 Å². The van der Waals surface area contributed by atoms with Gasteiger partial charge in [0.1, 0.15) is 5.75 Å². The first-order valence-corrected chi connectivity index (χ1v) is 11.9. The van der Waals surface area contributed by atoms with Gasteiger partial charge in [0.25, 0.3) is 0 Å². The van der Waals surface area contributed by atoms with E-state index < -0.39 is 30.2 Å². The highest BCUT2D eigenvalue weighted by atomic mass is 32.1. The van der Waals surface area contributed by atoms with Crippen LogP contribution in [-0.4, -0.2) is 29.0 Å². The van der Waals surface area contributed by atoms with Gasteiger partial charge in [-0.2, -0.15) is 13.2 Å². The summed E-state index contributed by atoms with van der Waals surface area (Å²) in [6, 6.07) is 3.50. The summed E-state index contributed by atoms with van der Waals surface area (Å²) in [6.07, 6.45) is -1.37. The van der Waals surface area contributed by atoms with Gasteiger partial charge >= 0.3 is 12.1 Å². The van der Waals surface area contributed by atoms with Crippen molar-refractivity contribution in [3.05, 3.63) is 49.8 Å². The van der Waals surface area contributed by atoms with Crippen LogP contribution in [0.3, 0.4) is 0 Å². The highest BCUT2D eigenvalue weighted by Gasteiger charge is 2.40. The molecule has 0 saturated carbocycles. The number of fused-ring (bicyclic) bond motifs is 2. The maximum Gasteiger partial charge on any atom is 0.413 e. The van der Waals surface area contributed by atoms with Crippen LogP contribution in [0.4, 0.5) is 13.2 Å². The normalized spacial score (nSPS) is 16.1. The summed E-state index contributed by atoms with van der Waals surface area (Å²) in [5.74, 6) is -1.00. The van der Waals surface area contributed by atoms with Crippen LogP contribution in [-0.2, 0) is 24.1 Å². The number of aromatic nitrogens is 1. The maximum atomic E-state index is 13.5. The topological polar surface area (TPSA) is 72.6 Å². The van der Waals surface area contributed by atoms with E-state index >= 15 is 0 Å². The molecule has 0 radical (unpaired) electrons. The number of halogens is 3. The van der Waals surface area contributed by atoms with Gasteiger partial charge in [-0.1, -0.05) is 25.9 Å². The van der Waals surface area contributed by atoms with Crippen molar-refractivity contribution < 1.29 is 32.3 Å². The molecule has 3 aromatic rings. The van der Waals surface area contributed by atoms with Gasteiger partial charge in [-0.05, 0) is 66.9 Å². The third kappa shape index (κ3) is 4.71. The predicted molar refractivity (Wildman–Crippen MR) is 125 cm³/mol. The van der Waals surface area contributed by atoms with E-state index in [0.717, 1.165) is 32.6 Å². The molecular weight excluding hydrogens is 467 g/mol. The van der Waals surface area contributed by atoms with Gasteiger partial charge in [0.2, 0.25) is 0 Å². The lowest BCUT2D eigenvalue weighted by Gasteiger charge is -2.24. The number of aliphatic carboxylic acids is 1. The summed E-state index contributed by atoms with van der Waals surface area (Å²) in [4.78, 5) is 12.6. The van der Waals surface area contributed by atoms with Crippen molar-refractivity contribution in [2.45, 2.75) is 59.1 Å². The van der Waals surface area contributed by atoms with Crippen LogP contribution >= 0.6 is 11.3 Å². The van der Waals surface area contributed by atoms with Crippen LogP contribution in [0.1, 0.15) is 58.8 Å². The molecule has 182 valence electrons. The van der Waals surface area contributed by atoms with E-state index in [1.54, 1.807) is 13.0 Å². The number of thiophene rings is 1. The van der Waals surface area contributed by atoms with Gasteiger partial charge in [0.15, 0.2) is 12.2 Å². The molecule has 0 amide bonds. The molecular formula is C25H26F3NO4S. The van der Waals surface area contributed by atoms with Crippen LogP contribution in [0.5, 0.6) is 5.75 Å². The summed E-state index contributed by atoms with van der Waals surface area (Å²) in [5.41, 5.74) is 3.76. The quantitative estimate of drug-likeness (QED) is 0.396. The first-order chi connectivity index (χ1) is 16.0. The molecule has 0 aliphatic heterocycles. The molecule has 1 unspecified atom stereocenters. The fraction of sp³-hybridized carbons (Fsp3) is 0.440. The SMILES string of the molecule is Cc1cc2c(CCc3sc4c(c3C(C)C)CC(C)C(C(F)(F)F)=C4)noc2cc1OCC(=O)O. The summed E-state index contributed by atoms with van der Waals surface area (Å²) in [6.45, 7) is 7.17. The molecule has 1 N–H and O–H groups in total. The summed E-state index contributed by atoms with van der Waals surface area (Å²) < 4.78 is 51.1. The highest BCUT2D eigenvalue weighted by molar-refractivity contribution is 7.13. The number of hydrogen-bond donors (Lipinski definition) is 1. The second-order valence-corrected chi connectivity index (χ2v) is 10.2. The van der Waals surface area contributed by atoms with E-state index in [1.807, 2.05) is 13.0 Å². The Morgan fingerprint density at radius 2 is 2.06 bits per heavy atom. The third-order valence-electron chi connectivity index (χ3n) is 6.17. The molecule has 0 spiro atoms. The first-order valence-electron chi connectivity index (χ1n) is 11.1. The van der Waals surface area contributed by atoms with Crippen molar-refractivity contribution in [3.8, 4) is 5.75 Å². The number of carboxylic acid groups (broad SMARTS) is 1. The molecule has 5 nitrogen and oxygen atoms in total. The van der Waals surface area contributed by atoms with E-state index in [4.69, 9.17) is 14.4 Å². The summed E-state index contributed by atoms with van der Waals surface area (Å²) in [7, 11) is 0. The Bertz CT molecular complexity index is 1270. The minimum atomic E-state index is -4.32. The number of benzene rings is 1. The van der Waals surface area contributed by atoms with E-state index in [9.17, 15) is 18.0 Å².